The summed E-state index contributed by atoms with van der Waals surface area (Å²) in [6.07, 6.45) is 0.476. The van der Waals surface area contributed by atoms with Gasteiger partial charge in [-0.25, -0.2) is 9.59 Å². The summed E-state index contributed by atoms with van der Waals surface area (Å²) in [5, 5.41) is 18.5. The van der Waals surface area contributed by atoms with E-state index < -0.39 is 47.4 Å². The van der Waals surface area contributed by atoms with Crippen molar-refractivity contribution in [3.05, 3.63) is 0 Å². The van der Waals surface area contributed by atoms with Crippen molar-refractivity contribution < 1.29 is 29.4 Å². The van der Waals surface area contributed by atoms with E-state index in [9.17, 15) is 29.4 Å². The normalized spacial score (nSPS) is 15.7. The Morgan fingerprint density at radius 3 is 1.19 bits per heavy atom. The van der Waals surface area contributed by atoms with Gasteiger partial charge in [0.15, 0.2) is 22.6 Å². The van der Waals surface area contributed by atoms with Gasteiger partial charge in [-0.05, 0) is 51.6 Å². The first-order chi connectivity index (χ1) is 12.1. The number of Topliss-reactive ketones (excluding diaryl/α,β-unsaturated/α-hetero) is 2. The van der Waals surface area contributed by atoms with Crippen molar-refractivity contribution in [3.8, 4) is 0 Å². The van der Waals surface area contributed by atoms with E-state index in [4.69, 9.17) is 22.9 Å². The Hall–Kier alpha value is -1.88. The van der Waals surface area contributed by atoms with Crippen molar-refractivity contribution in [3.63, 3.8) is 0 Å². The molecule has 0 aliphatic heterocycles. The summed E-state index contributed by atoms with van der Waals surface area (Å²) in [5.41, 5.74) is 17.9. The van der Waals surface area contributed by atoms with Crippen LogP contribution in [-0.2, 0) is 19.2 Å². The van der Waals surface area contributed by atoms with Gasteiger partial charge in [0, 0.05) is 12.8 Å². The number of carboxylic acids is 2. The summed E-state index contributed by atoms with van der Waals surface area (Å²) in [4.78, 5) is 47.3. The van der Waals surface area contributed by atoms with Crippen LogP contribution >= 0.6 is 0 Å². The molecule has 0 aromatic heterocycles. The minimum atomic E-state index is -2.13. The first-order valence-electron chi connectivity index (χ1n) is 8.57. The van der Waals surface area contributed by atoms with Crippen LogP contribution in [0.1, 0.15) is 51.4 Å². The number of hydrogen-bond donors (Lipinski definition) is 6. The fourth-order valence-electron chi connectivity index (χ4n) is 2.50. The van der Waals surface area contributed by atoms with E-state index in [1.54, 1.807) is 0 Å². The fourth-order valence-corrected chi connectivity index (χ4v) is 2.50. The van der Waals surface area contributed by atoms with Gasteiger partial charge in [-0.2, -0.15) is 0 Å². The van der Waals surface area contributed by atoms with Crippen molar-refractivity contribution >= 4 is 23.5 Å². The topological polar surface area (TPSA) is 213 Å². The number of rotatable bonds is 15. The van der Waals surface area contributed by atoms with Gasteiger partial charge in [-0.3, -0.25) is 9.59 Å². The molecule has 0 amide bonds. The van der Waals surface area contributed by atoms with E-state index in [0.717, 1.165) is 0 Å². The van der Waals surface area contributed by atoms with Gasteiger partial charge < -0.3 is 33.1 Å². The monoisotopic (exact) mass is 374 g/mol. The molecule has 10 heteroatoms. The Labute approximate surface area is 152 Å². The van der Waals surface area contributed by atoms with Gasteiger partial charge >= 0.3 is 11.9 Å². The Bertz CT molecular complexity index is 481. The Morgan fingerprint density at radius 1 is 0.654 bits per heavy atom. The number of carbonyl (C=O) groups excluding carboxylic acids is 2. The number of carbonyl (C=O) groups is 4. The van der Waals surface area contributed by atoms with Gasteiger partial charge in [0.2, 0.25) is 0 Å². The highest BCUT2D eigenvalue weighted by Crippen LogP contribution is 2.20. The van der Waals surface area contributed by atoms with Crippen LogP contribution in [0.5, 0.6) is 0 Å². The van der Waals surface area contributed by atoms with Crippen LogP contribution in [0.2, 0.25) is 0 Å². The lowest BCUT2D eigenvalue weighted by molar-refractivity contribution is -0.152. The van der Waals surface area contributed by atoms with E-state index in [-0.39, 0.29) is 12.8 Å². The van der Waals surface area contributed by atoms with Crippen LogP contribution in [-0.4, -0.2) is 57.9 Å². The largest absolute Gasteiger partial charge is 0.480 e. The van der Waals surface area contributed by atoms with Crippen LogP contribution in [0, 0.1) is 0 Å². The van der Waals surface area contributed by atoms with E-state index in [1.165, 1.54) is 0 Å². The van der Waals surface area contributed by atoms with Gasteiger partial charge in [-0.1, -0.05) is 0 Å². The van der Waals surface area contributed by atoms with Crippen LogP contribution in [0.25, 0.3) is 0 Å². The van der Waals surface area contributed by atoms with Crippen molar-refractivity contribution in [1.82, 2.24) is 0 Å². The summed E-state index contributed by atoms with van der Waals surface area (Å²) < 4.78 is 0. The highest BCUT2D eigenvalue weighted by atomic mass is 16.4. The minimum absolute atomic E-state index is 0.115. The maximum absolute atomic E-state index is 12.3. The second kappa shape index (κ2) is 11.0. The molecule has 0 rings (SSSR count). The summed E-state index contributed by atoms with van der Waals surface area (Å²) >= 11 is 0. The zero-order valence-corrected chi connectivity index (χ0v) is 14.9. The SMILES string of the molecule is NCCCC[C@](N)(C(=O)O)C(=O)CCC(=O)[C@](N)(CCCCN)C(=O)O. The maximum atomic E-state index is 12.3. The number of nitrogens with two attached hydrogens (primary N) is 4. The molecule has 0 aliphatic carbocycles. The third-order valence-corrected chi connectivity index (χ3v) is 4.39. The minimum Gasteiger partial charge on any atom is -0.480 e. The molecule has 0 unspecified atom stereocenters. The van der Waals surface area contributed by atoms with Crippen molar-refractivity contribution in [2.45, 2.75) is 62.4 Å². The maximum Gasteiger partial charge on any atom is 0.331 e. The quantitative estimate of drug-likeness (QED) is 0.147. The van der Waals surface area contributed by atoms with E-state index in [1.807, 2.05) is 0 Å². The highest BCUT2D eigenvalue weighted by Gasteiger charge is 2.44. The zero-order chi connectivity index (χ0) is 20.4. The van der Waals surface area contributed by atoms with E-state index in [0.29, 0.717) is 38.8 Å². The molecule has 150 valence electrons. The lowest BCUT2D eigenvalue weighted by Crippen LogP contribution is -2.57. The van der Waals surface area contributed by atoms with E-state index >= 15 is 0 Å². The number of carboxylic acid groups (broad SMARTS) is 2. The molecule has 0 radical (unpaired) electrons. The molecule has 0 spiro atoms. The molecule has 10 N–H and O–H groups in total. The molecular formula is C16H30N4O6. The van der Waals surface area contributed by atoms with Gasteiger partial charge in [0.25, 0.3) is 0 Å². The first-order valence-corrected chi connectivity index (χ1v) is 8.57. The molecule has 0 aromatic carbocycles. The summed E-state index contributed by atoms with van der Waals surface area (Å²) in [5.74, 6) is -4.67. The molecule has 0 aromatic rings. The molecule has 0 heterocycles. The van der Waals surface area contributed by atoms with E-state index in [2.05, 4.69) is 0 Å². The van der Waals surface area contributed by atoms with Crippen LogP contribution in [0.15, 0.2) is 0 Å². The zero-order valence-electron chi connectivity index (χ0n) is 14.9. The number of unbranched alkanes of at least 4 members (excludes halogenated alkanes) is 2. The predicted molar refractivity (Wildman–Crippen MR) is 94.2 cm³/mol. The molecule has 2 atom stereocenters. The third kappa shape index (κ3) is 6.45. The lowest BCUT2D eigenvalue weighted by atomic mass is 9.83. The molecule has 0 fully saturated rings. The predicted octanol–water partition coefficient (Wildman–Crippen LogP) is -1.27. The van der Waals surface area contributed by atoms with Crippen molar-refractivity contribution in [2.75, 3.05) is 13.1 Å². The molecule has 10 nitrogen and oxygen atoms in total. The Kier molecular flexibility index (Phi) is 10.2. The molecule has 0 saturated heterocycles. The van der Waals surface area contributed by atoms with Crippen LogP contribution in [0.4, 0.5) is 0 Å². The molecular weight excluding hydrogens is 344 g/mol. The van der Waals surface area contributed by atoms with Gasteiger partial charge in [0.1, 0.15) is 0 Å². The summed E-state index contributed by atoms with van der Waals surface area (Å²) in [7, 11) is 0. The van der Waals surface area contributed by atoms with Crippen LogP contribution in [0.3, 0.4) is 0 Å². The average Bonchev–Trinajstić information content (AvgIpc) is 2.58. The summed E-state index contributed by atoms with van der Waals surface area (Å²) in [6.45, 7) is 0.666. The number of aliphatic carboxylic acids is 2. The van der Waals surface area contributed by atoms with Crippen molar-refractivity contribution in [1.29, 1.82) is 0 Å². The fraction of sp³-hybridized carbons (Fsp3) is 0.750. The Morgan fingerprint density at radius 2 is 0.962 bits per heavy atom. The first kappa shape index (κ1) is 24.1. The smallest absolute Gasteiger partial charge is 0.331 e. The second-order valence-corrected chi connectivity index (χ2v) is 6.39. The van der Waals surface area contributed by atoms with Crippen LogP contribution < -0.4 is 22.9 Å². The Balaban J connectivity index is 4.99. The van der Waals surface area contributed by atoms with Gasteiger partial charge in [0.05, 0.1) is 0 Å². The van der Waals surface area contributed by atoms with Crippen molar-refractivity contribution in [2.24, 2.45) is 22.9 Å². The molecule has 0 bridgehead atoms. The lowest BCUT2D eigenvalue weighted by Gasteiger charge is -2.25. The second-order valence-electron chi connectivity index (χ2n) is 6.39. The van der Waals surface area contributed by atoms with Gasteiger partial charge in [-0.15, -0.1) is 0 Å². The standard InChI is InChI=1S/C16H30N4O6/c17-9-3-1-7-15(19,13(23)24)11(21)5-6-12(22)16(20,14(25)26)8-2-4-10-18/h1-10,17-20H2,(H,23,24)(H,25,26)/t15-,16-/m1/s1. The third-order valence-electron chi connectivity index (χ3n) is 4.39. The number of hydrogen-bond acceptors (Lipinski definition) is 8. The highest BCUT2D eigenvalue weighted by molar-refractivity contribution is 6.11. The number of ketones is 2. The average molecular weight is 374 g/mol. The molecule has 26 heavy (non-hydrogen) atoms. The molecule has 0 aliphatic rings. The summed E-state index contributed by atoms with van der Waals surface area (Å²) in [6, 6.07) is 0. The molecule has 0 saturated carbocycles.